The zero-order chi connectivity index (χ0) is 14.1. The Hall–Kier alpha value is -0.960. The molecule has 0 radical (unpaired) electrons. The van der Waals surface area contributed by atoms with Crippen LogP contribution in [0.5, 0.6) is 0 Å². The number of hydrogen-bond donors (Lipinski definition) is 1. The van der Waals surface area contributed by atoms with Crippen LogP contribution in [0.1, 0.15) is 12.3 Å². The van der Waals surface area contributed by atoms with Crippen molar-refractivity contribution in [2.75, 3.05) is 13.1 Å². The fourth-order valence-electron chi connectivity index (χ4n) is 2.22. The van der Waals surface area contributed by atoms with Gasteiger partial charge in [0.1, 0.15) is 0 Å². The molecule has 1 unspecified atom stereocenters. The summed E-state index contributed by atoms with van der Waals surface area (Å²) in [5, 5.41) is 12.9. The monoisotopic (exact) mass is 393 g/mol. The number of hydrogen-bond acceptors (Lipinski definition) is 6. The molecule has 21 heavy (non-hydrogen) atoms. The highest BCUT2D eigenvalue weighted by Crippen LogP contribution is 2.29. The lowest BCUT2D eigenvalue weighted by Crippen LogP contribution is -2.22. The van der Waals surface area contributed by atoms with Crippen LogP contribution in [0.2, 0.25) is 0 Å². The Balaban J connectivity index is 0.00000161. The average Bonchev–Trinajstić information content (AvgIpc) is 3.09. The van der Waals surface area contributed by atoms with Gasteiger partial charge in [-0.05, 0) is 41.0 Å². The van der Waals surface area contributed by atoms with E-state index in [1.54, 1.807) is 11.3 Å². The maximum absolute atomic E-state index is 10.9. The molecule has 0 spiro atoms. The van der Waals surface area contributed by atoms with Crippen LogP contribution in [-0.4, -0.2) is 39.2 Å². The van der Waals surface area contributed by atoms with Gasteiger partial charge in [-0.3, -0.25) is 9.69 Å². The number of nitrogens with zero attached hydrogens (tertiary/aromatic N) is 3. The Morgan fingerprint density at radius 2 is 2.38 bits per heavy atom. The minimum Gasteiger partial charge on any atom is -0.481 e. The van der Waals surface area contributed by atoms with Crippen LogP contribution >= 0.6 is 39.7 Å². The SMILES string of the molecule is Cl.O=C(O)C1CCN(Cc2nc(-c3ccc(Br)s3)no2)C1. The molecule has 0 saturated carbocycles. The first-order valence-electron chi connectivity index (χ1n) is 6.15. The molecule has 2 aromatic heterocycles. The lowest BCUT2D eigenvalue weighted by atomic mass is 10.1. The summed E-state index contributed by atoms with van der Waals surface area (Å²) in [6, 6.07) is 3.87. The van der Waals surface area contributed by atoms with Gasteiger partial charge in [-0.2, -0.15) is 4.98 Å². The van der Waals surface area contributed by atoms with Gasteiger partial charge in [-0.15, -0.1) is 23.7 Å². The van der Waals surface area contributed by atoms with E-state index in [1.807, 2.05) is 17.0 Å². The number of rotatable bonds is 4. The largest absolute Gasteiger partial charge is 0.481 e. The van der Waals surface area contributed by atoms with Gasteiger partial charge in [-0.1, -0.05) is 5.16 Å². The third kappa shape index (κ3) is 3.82. The summed E-state index contributed by atoms with van der Waals surface area (Å²) in [5.41, 5.74) is 0. The van der Waals surface area contributed by atoms with Crippen LogP contribution in [0.3, 0.4) is 0 Å². The second-order valence-corrected chi connectivity index (χ2v) is 7.14. The number of carboxylic acid groups (broad SMARTS) is 1. The predicted octanol–water partition coefficient (Wildman–Crippen LogP) is 2.89. The Bertz CT molecular complexity index is 633. The van der Waals surface area contributed by atoms with Gasteiger partial charge in [0.2, 0.25) is 11.7 Å². The Kier molecular flexibility index (Phi) is 5.37. The fraction of sp³-hybridized carbons (Fsp3) is 0.417. The van der Waals surface area contributed by atoms with Gasteiger partial charge in [0, 0.05) is 6.54 Å². The van der Waals surface area contributed by atoms with Crippen molar-refractivity contribution >= 4 is 45.6 Å². The molecule has 1 N–H and O–H groups in total. The third-order valence-corrected chi connectivity index (χ3v) is 4.86. The number of likely N-dealkylation sites (tertiary alicyclic amines) is 1. The van der Waals surface area contributed by atoms with Crippen molar-refractivity contribution in [3.05, 3.63) is 21.8 Å². The van der Waals surface area contributed by atoms with Crippen molar-refractivity contribution in [2.24, 2.45) is 5.92 Å². The molecule has 6 nitrogen and oxygen atoms in total. The molecule has 1 fully saturated rings. The van der Waals surface area contributed by atoms with Crippen molar-refractivity contribution in [3.8, 4) is 10.7 Å². The topological polar surface area (TPSA) is 79.5 Å². The number of thiophene rings is 1. The number of carbonyl (C=O) groups is 1. The molecule has 2 aromatic rings. The van der Waals surface area contributed by atoms with Crippen molar-refractivity contribution in [1.29, 1.82) is 0 Å². The second kappa shape index (κ2) is 6.87. The number of halogens is 2. The number of carboxylic acids is 1. The smallest absolute Gasteiger partial charge is 0.307 e. The van der Waals surface area contributed by atoms with Gasteiger partial charge in [-0.25, -0.2) is 0 Å². The maximum atomic E-state index is 10.9. The van der Waals surface area contributed by atoms with Crippen molar-refractivity contribution in [1.82, 2.24) is 15.0 Å². The van der Waals surface area contributed by atoms with E-state index in [0.717, 1.165) is 15.2 Å². The molecule has 9 heteroatoms. The first-order valence-corrected chi connectivity index (χ1v) is 7.76. The highest BCUT2D eigenvalue weighted by Gasteiger charge is 2.28. The molecule has 1 aliphatic rings. The van der Waals surface area contributed by atoms with E-state index in [2.05, 4.69) is 26.1 Å². The molecule has 3 rings (SSSR count). The summed E-state index contributed by atoms with van der Waals surface area (Å²) in [7, 11) is 0. The van der Waals surface area contributed by atoms with Crippen LogP contribution in [0.25, 0.3) is 10.7 Å². The van der Waals surface area contributed by atoms with E-state index in [9.17, 15) is 4.79 Å². The van der Waals surface area contributed by atoms with Crippen LogP contribution in [-0.2, 0) is 11.3 Å². The average molecular weight is 395 g/mol. The molecule has 0 aromatic carbocycles. The molecule has 114 valence electrons. The zero-order valence-electron chi connectivity index (χ0n) is 10.9. The first kappa shape index (κ1) is 16.4. The maximum Gasteiger partial charge on any atom is 0.307 e. The van der Waals surface area contributed by atoms with Gasteiger partial charge in [0.05, 0.1) is 21.1 Å². The van der Waals surface area contributed by atoms with E-state index in [1.165, 1.54) is 0 Å². The molecular formula is C12H13BrClN3O3S. The Labute approximate surface area is 139 Å². The van der Waals surface area contributed by atoms with Crippen molar-refractivity contribution in [2.45, 2.75) is 13.0 Å². The molecule has 0 amide bonds. The van der Waals surface area contributed by atoms with Crippen LogP contribution in [0, 0.1) is 5.92 Å². The zero-order valence-corrected chi connectivity index (χ0v) is 14.1. The molecule has 0 bridgehead atoms. The predicted molar refractivity (Wildman–Crippen MR) is 83.6 cm³/mol. The normalized spacial score (nSPS) is 18.6. The van der Waals surface area contributed by atoms with Gasteiger partial charge >= 0.3 is 5.97 Å². The molecule has 3 heterocycles. The number of aliphatic carboxylic acids is 1. The summed E-state index contributed by atoms with van der Waals surface area (Å²) in [6.45, 7) is 1.79. The highest BCUT2D eigenvalue weighted by atomic mass is 79.9. The lowest BCUT2D eigenvalue weighted by Gasteiger charge is -2.11. The molecule has 1 atom stereocenters. The summed E-state index contributed by atoms with van der Waals surface area (Å²) in [5.74, 6) is 0.0769. The summed E-state index contributed by atoms with van der Waals surface area (Å²) >= 11 is 4.94. The van der Waals surface area contributed by atoms with Crippen molar-refractivity contribution in [3.63, 3.8) is 0 Å². The minimum absolute atomic E-state index is 0. The van der Waals surface area contributed by atoms with Crippen LogP contribution < -0.4 is 0 Å². The highest BCUT2D eigenvalue weighted by molar-refractivity contribution is 9.11. The molecular weight excluding hydrogens is 382 g/mol. The standard InChI is InChI=1S/C12H12BrN3O3S.ClH/c13-9-2-1-8(20-9)11-14-10(19-15-11)6-16-4-3-7(5-16)12(17)18;/h1-2,7H,3-6H2,(H,17,18);1H. The van der Waals surface area contributed by atoms with E-state index >= 15 is 0 Å². The Morgan fingerprint density at radius 1 is 1.57 bits per heavy atom. The van der Waals surface area contributed by atoms with E-state index in [4.69, 9.17) is 9.63 Å². The summed E-state index contributed by atoms with van der Waals surface area (Å²) in [4.78, 5) is 18.2. The third-order valence-electron chi connectivity index (χ3n) is 3.24. The molecule has 1 saturated heterocycles. The minimum atomic E-state index is -0.734. The van der Waals surface area contributed by atoms with Crippen LogP contribution in [0.4, 0.5) is 0 Å². The van der Waals surface area contributed by atoms with Gasteiger partial charge < -0.3 is 9.63 Å². The summed E-state index contributed by atoms with van der Waals surface area (Å²) < 4.78 is 6.24. The van der Waals surface area contributed by atoms with Crippen LogP contribution in [0.15, 0.2) is 20.4 Å². The van der Waals surface area contributed by atoms with E-state index in [0.29, 0.717) is 31.2 Å². The lowest BCUT2D eigenvalue weighted by molar-refractivity contribution is -0.141. The van der Waals surface area contributed by atoms with Crippen molar-refractivity contribution < 1.29 is 14.4 Å². The van der Waals surface area contributed by atoms with Gasteiger partial charge in [0.25, 0.3) is 0 Å². The Morgan fingerprint density at radius 3 is 3.00 bits per heavy atom. The van der Waals surface area contributed by atoms with Gasteiger partial charge in [0.15, 0.2) is 0 Å². The van der Waals surface area contributed by atoms with E-state index < -0.39 is 5.97 Å². The quantitative estimate of drug-likeness (QED) is 0.859. The second-order valence-electron chi connectivity index (χ2n) is 4.67. The number of aromatic nitrogens is 2. The molecule has 0 aliphatic carbocycles. The first-order chi connectivity index (χ1) is 9.61. The summed E-state index contributed by atoms with van der Waals surface area (Å²) in [6.07, 6.45) is 0.675. The fourth-order valence-corrected chi connectivity index (χ4v) is 3.53. The van der Waals surface area contributed by atoms with E-state index in [-0.39, 0.29) is 18.3 Å². The molecule has 1 aliphatic heterocycles.